The van der Waals surface area contributed by atoms with Crippen molar-refractivity contribution in [2.75, 3.05) is 44.2 Å². The normalized spacial score (nSPS) is 36.1. The molecule has 2 aliphatic carbocycles. The first-order valence-corrected chi connectivity index (χ1v) is 10.5. The maximum Gasteiger partial charge on any atom is 0.0737 e. The van der Waals surface area contributed by atoms with Crippen molar-refractivity contribution in [1.82, 2.24) is 10.2 Å². The molecular formula is C21H25Cl2N3. The summed E-state index contributed by atoms with van der Waals surface area (Å²) in [5.74, 6) is 0.868. The van der Waals surface area contributed by atoms with Crippen LogP contribution in [0.25, 0.3) is 0 Å². The highest BCUT2D eigenvalue weighted by Gasteiger charge is 2.57. The summed E-state index contributed by atoms with van der Waals surface area (Å²) < 4.78 is 0. The van der Waals surface area contributed by atoms with Gasteiger partial charge in [-0.05, 0) is 48.7 Å². The number of rotatable bonds is 3. The van der Waals surface area contributed by atoms with E-state index < -0.39 is 0 Å². The monoisotopic (exact) mass is 389 g/mol. The molecule has 1 aromatic rings. The van der Waals surface area contributed by atoms with Crippen LogP contribution in [-0.4, -0.2) is 54.9 Å². The van der Waals surface area contributed by atoms with E-state index in [9.17, 15) is 0 Å². The third kappa shape index (κ3) is 2.85. The van der Waals surface area contributed by atoms with Gasteiger partial charge in [-0.25, -0.2) is 0 Å². The van der Waals surface area contributed by atoms with E-state index in [1.54, 1.807) is 0 Å². The molecular weight excluding hydrogens is 365 g/mol. The predicted octanol–water partition coefficient (Wildman–Crippen LogP) is 3.34. The molecule has 1 saturated carbocycles. The van der Waals surface area contributed by atoms with Crippen LogP contribution in [0.15, 0.2) is 48.2 Å². The van der Waals surface area contributed by atoms with Crippen molar-refractivity contribution in [1.29, 1.82) is 0 Å². The molecule has 5 heteroatoms. The SMILES string of the molecule is ClC1C=CC(N2CCN(c3ccc(C45CNCC4C5)cc3)CC2)=CC1Cl. The van der Waals surface area contributed by atoms with Crippen LogP contribution in [0.1, 0.15) is 12.0 Å². The molecule has 4 unspecified atom stereocenters. The Kier molecular flexibility index (Phi) is 4.22. The molecule has 5 rings (SSSR count). The Balaban J connectivity index is 1.22. The van der Waals surface area contributed by atoms with Gasteiger partial charge in [-0.2, -0.15) is 0 Å². The molecule has 2 heterocycles. The second kappa shape index (κ2) is 6.47. The molecule has 0 aromatic heterocycles. The molecule has 2 aliphatic heterocycles. The number of allylic oxidation sites excluding steroid dienone is 3. The van der Waals surface area contributed by atoms with E-state index in [1.165, 1.54) is 29.9 Å². The number of benzene rings is 1. The lowest BCUT2D eigenvalue weighted by Crippen LogP contribution is -2.46. The van der Waals surface area contributed by atoms with Gasteiger partial charge in [-0.1, -0.05) is 18.2 Å². The van der Waals surface area contributed by atoms with E-state index in [0.717, 1.165) is 38.6 Å². The predicted molar refractivity (Wildman–Crippen MR) is 109 cm³/mol. The topological polar surface area (TPSA) is 18.5 Å². The van der Waals surface area contributed by atoms with Crippen molar-refractivity contribution >= 4 is 28.9 Å². The summed E-state index contributed by atoms with van der Waals surface area (Å²) in [7, 11) is 0. The minimum atomic E-state index is -0.113. The maximum atomic E-state index is 6.29. The van der Waals surface area contributed by atoms with E-state index in [2.05, 4.69) is 51.5 Å². The fourth-order valence-corrected chi connectivity index (χ4v) is 5.19. The second-order valence-electron chi connectivity index (χ2n) is 8.05. The second-order valence-corrected chi connectivity index (χ2v) is 9.06. The van der Waals surface area contributed by atoms with E-state index in [1.807, 2.05) is 6.08 Å². The van der Waals surface area contributed by atoms with Gasteiger partial charge in [-0.3, -0.25) is 0 Å². The van der Waals surface area contributed by atoms with Gasteiger partial charge in [0, 0.05) is 49.5 Å². The first-order valence-electron chi connectivity index (χ1n) is 9.65. The highest BCUT2D eigenvalue weighted by Crippen LogP contribution is 2.56. The van der Waals surface area contributed by atoms with E-state index in [0.29, 0.717) is 5.41 Å². The van der Waals surface area contributed by atoms with Gasteiger partial charge < -0.3 is 15.1 Å². The van der Waals surface area contributed by atoms with Crippen molar-refractivity contribution in [3.8, 4) is 0 Å². The minimum absolute atomic E-state index is 0.0965. The van der Waals surface area contributed by atoms with Crippen LogP contribution >= 0.6 is 23.2 Å². The van der Waals surface area contributed by atoms with Gasteiger partial charge >= 0.3 is 0 Å². The summed E-state index contributed by atoms with van der Waals surface area (Å²) in [5, 5.41) is 3.33. The summed E-state index contributed by atoms with van der Waals surface area (Å²) in [4.78, 5) is 4.91. The lowest BCUT2D eigenvalue weighted by molar-refractivity contribution is 0.328. The molecule has 1 N–H and O–H groups in total. The van der Waals surface area contributed by atoms with E-state index in [4.69, 9.17) is 23.2 Å². The Morgan fingerprint density at radius 3 is 2.31 bits per heavy atom. The third-order valence-electron chi connectivity index (χ3n) is 6.60. The number of hydrogen-bond donors (Lipinski definition) is 1. The standard InChI is InChI=1S/C21H25Cl2N3/c22-19-6-5-18(11-20(19)23)26-9-7-25(8-10-26)17-3-1-15(2-4-17)21-12-16(21)13-24-14-21/h1-6,11,16,19-20,24H,7-10,12-14H2. The number of piperidine rings is 1. The van der Waals surface area contributed by atoms with Crippen molar-refractivity contribution in [2.24, 2.45) is 5.92 Å². The Labute approximate surface area is 165 Å². The van der Waals surface area contributed by atoms with Crippen molar-refractivity contribution in [3.63, 3.8) is 0 Å². The van der Waals surface area contributed by atoms with Crippen molar-refractivity contribution in [2.45, 2.75) is 22.6 Å². The number of nitrogens with one attached hydrogen (secondary N) is 1. The van der Waals surface area contributed by atoms with Gasteiger partial charge in [0.15, 0.2) is 0 Å². The summed E-state index contributed by atoms with van der Waals surface area (Å²) in [5.41, 5.74) is 4.54. The molecule has 1 aromatic carbocycles. The summed E-state index contributed by atoms with van der Waals surface area (Å²) in [6.45, 7) is 6.47. The number of halogens is 2. The molecule has 4 aliphatic rings. The molecule has 3 nitrogen and oxygen atoms in total. The minimum Gasteiger partial charge on any atom is -0.368 e. The smallest absolute Gasteiger partial charge is 0.0737 e. The molecule has 26 heavy (non-hydrogen) atoms. The van der Waals surface area contributed by atoms with Crippen LogP contribution in [-0.2, 0) is 5.41 Å². The van der Waals surface area contributed by atoms with Crippen LogP contribution in [0.3, 0.4) is 0 Å². The van der Waals surface area contributed by atoms with Crippen LogP contribution < -0.4 is 10.2 Å². The number of anilines is 1. The number of fused-ring (bicyclic) bond motifs is 1. The first kappa shape index (κ1) is 17.0. The zero-order chi connectivity index (χ0) is 17.7. The molecule has 0 spiro atoms. The fourth-order valence-electron chi connectivity index (χ4n) is 4.83. The maximum absolute atomic E-state index is 6.29. The first-order chi connectivity index (χ1) is 12.7. The molecule has 3 fully saturated rings. The van der Waals surface area contributed by atoms with E-state index >= 15 is 0 Å². The average Bonchev–Trinajstić information content (AvgIpc) is 3.25. The van der Waals surface area contributed by atoms with Gasteiger partial charge in [0.2, 0.25) is 0 Å². The fraction of sp³-hybridized carbons (Fsp3) is 0.524. The zero-order valence-electron chi connectivity index (χ0n) is 14.9. The largest absolute Gasteiger partial charge is 0.368 e. The van der Waals surface area contributed by atoms with E-state index in [-0.39, 0.29) is 10.8 Å². The Hall–Kier alpha value is -1.16. The zero-order valence-corrected chi connectivity index (χ0v) is 16.4. The molecule has 0 radical (unpaired) electrons. The highest BCUT2D eigenvalue weighted by atomic mass is 35.5. The number of piperazine rings is 1. The molecule has 4 atom stereocenters. The van der Waals surface area contributed by atoms with Gasteiger partial charge in [0.1, 0.15) is 0 Å². The Morgan fingerprint density at radius 2 is 1.69 bits per heavy atom. The van der Waals surface area contributed by atoms with Crippen LogP contribution in [0.5, 0.6) is 0 Å². The lowest BCUT2D eigenvalue weighted by atomic mass is 9.95. The van der Waals surface area contributed by atoms with Crippen LogP contribution in [0, 0.1) is 5.92 Å². The van der Waals surface area contributed by atoms with Gasteiger partial charge in [-0.15, -0.1) is 23.2 Å². The molecule has 2 saturated heterocycles. The van der Waals surface area contributed by atoms with Gasteiger partial charge in [0.05, 0.1) is 10.8 Å². The summed E-state index contributed by atoms with van der Waals surface area (Å²) in [6, 6.07) is 9.36. The third-order valence-corrected chi connectivity index (χ3v) is 7.54. The summed E-state index contributed by atoms with van der Waals surface area (Å²) in [6.07, 6.45) is 7.57. The molecule has 0 amide bonds. The number of hydrogen-bond acceptors (Lipinski definition) is 3. The lowest BCUT2D eigenvalue weighted by Gasteiger charge is -2.39. The van der Waals surface area contributed by atoms with Gasteiger partial charge in [0.25, 0.3) is 0 Å². The number of nitrogens with zero attached hydrogens (tertiary/aromatic N) is 2. The number of alkyl halides is 2. The summed E-state index contributed by atoms with van der Waals surface area (Å²) >= 11 is 12.4. The molecule has 138 valence electrons. The van der Waals surface area contributed by atoms with Crippen molar-refractivity contribution < 1.29 is 0 Å². The average molecular weight is 390 g/mol. The quantitative estimate of drug-likeness (QED) is 0.799. The van der Waals surface area contributed by atoms with Crippen LogP contribution in [0.2, 0.25) is 0 Å². The highest BCUT2D eigenvalue weighted by molar-refractivity contribution is 6.31. The van der Waals surface area contributed by atoms with Crippen molar-refractivity contribution in [3.05, 3.63) is 53.8 Å². The Bertz CT molecular complexity index is 736. The Morgan fingerprint density at radius 1 is 0.962 bits per heavy atom. The molecule has 0 bridgehead atoms. The van der Waals surface area contributed by atoms with Crippen LogP contribution in [0.4, 0.5) is 5.69 Å².